The van der Waals surface area contributed by atoms with Crippen molar-refractivity contribution < 1.29 is 18.0 Å². The third-order valence-corrected chi connectivity index (χ3v) is 4.26. The van der Waals surface area contributed by atoms with Crippen LogP contribution in [0.2, 0.25) is 15.1 Å². The highest BCUT2D eigenvalue weighted by Gasteiger charge is 2.29. The van der Waals surface area contributed by atoms with Gasteiger partial charge in [0.05, 0.1) is 20.6 Å². The van der Waals surface area contributed by atoms with Gasteiger partial charge < -0.3 is 0 Å². The molecule has 0 saturated carbocycles. The second-order valence-electron chi connectivity index (χ2n) is 4.54. The van der Waals surface area contributed by atoms with Gasteiger partial charge in [-0.2, -0.15) is 13.2 Å². The molecule has 0 atom stereocenters. The molecule has 2 aromatic carbocycles. The summed E-state index contributed by atoms with van der Waals surface area (Å²) in [5.41, 5.74) is -0.153. The number of carbonyl (C=O) groups is 1. The predicted octanol–water partition coefficient (Wildman–Crippen LogP) is 6.56. The van der Waals surface area contributed by atoms with E-state index in [9.17, 15) is 18.0 Å². The molecule has 0 aliphatic carbocycles. The highest BCUT2D eigenvalue weighted by molar-refractivity contribution is 6.49. The minimum absolute atomic E-state index is 0.0289. The lowest BCUT2D eigenvalue weighted by molar-refractivity contribution is -0.137. The van der Waals surface area contributed by atoms with E-state index in [4.69, 9.17) is 34.8 Å². The number of benzene rings is 2. The summed E-state index contributed by atoms with van der Waals surface area (Å²) in [6.45, 7) is 0. The monoisotopic (exact) mass is 378 g/mol. The Balaban J connectivity index is 2.20. The lowest BCUT2D eigenvalue weighted by atomic mass is 10.1. The van der Waals surface area contributed by atoms with Gasteiger partial charge >= 0.3 is 6.18 Å². The molecular formula is C16H8Cl3F3O. The van der Waals surface area contributed by atoms with Crippen LogP contribution in [0, 0.1) is 0 Å². The highest BCUT2D eigenvalue weighted by Crippen LogP contribution is 2.33. The molecule has 2 rings (SSSR count). The molecule has 0 aromatic heterocycles. The van der Waals surface area contributed by atoms with Crippen LogP contribution in [0.3, 0.4) is 0 Å². The second-order valence-corrected chi connectivity index (χ2v) is 5.70. The minimum atomic E-state index is -4.40. The first-order chi connectivity index (χ1) is 10.7. The molecular weight excluding hydrogens is 372 g/mol. The van der Waals surface area contributed by atoms with Crippen LogP contribution in [0.4, 0.5) is 13.2 Å². The van der Waals surface area contributed by atoms with Crippen molar-refractivity contribution in [3.05, 3.63) is 74.2 Å². The lowest BCUT2D eigenvalue weighted by Gasteiger charge is -2.06. The summed E-state index contributed by atoms with van der Waals surface area (Å²) < 4.78 is 37.4. The van der Waals surface area contributed by atoms with Crippen LogP contribution in [0.1, 0.15) is 21.5 Å². The van der Waals surface area contributed by atoms with Crippen molar-refractivity contribution >= 4 is 46.7 Å². The first-order valence-electron chi connectivity index (χ1n) is 6.23. The number of hydrogen-bond acceptors (Lipinski definition) is 1. The fraction of sp³-hybridized carbons (Fsp3) is 0.0625. The molecule has 0 fully saturated rings. The molecule has 0 amide bonds. The van der Waals surface area contributed by atoms with E-state index in [2.05, 4.69) is 0 Å². The van der Waals surface area contributed by atoms with Gasteiger partial charge in [-0.05, 0) is 35.9 Å². The highest BCUT2D eigenvalue weighted by atomic mass is 35.5. The van der Waals surface area contributed by atoms with Crippen molar-refractivity contribution in [1.29, 1.82) is 0 Å². The summed E-state index contributed by atoms with van der Waals surface area (Å²) in [5.74, 6) is -0.437. The van der Waals surface area contributed by atoms with E-state index in [0.29, 0.717) is 5.56 Å². The lowest BCUT2D eigenvalue weighted by Crippen LogP contribution is -2.04. The van der Waals surface area contributed by atoms with E-state index in [1.165, 1.54) is 36.4 Å². The Labute approximate surface area is 145 Å². The molecule has 0 radical (unpaired) electrons. The predicted molar refractivity (Wildman–Crippen MR) is 86.3 cm³/mol. The molecule has 0 saturated heterocycles. The zero-order chi connectivity index (χ0) is 17.2. The van der Waals surface area contributed by atoms with E-state index < -0.39 is 17.5 Å². The maximum absolute atomic E-state index is 12.5. The Bertz CT molecular complexity index is 765. The fourth-order valence-corrected chi connectivity index (χ4v) is 2.39. The Morgan fingerprint density at radius 2 is 1.52 bits per heavy atom. The molecule has 1 nitrogen and oxygen atoms in total. The minimum Gasteiger partial charge on any atom is -0.289 e. The van der Waals surface area contributed by atoms with E-state index >= 15 is 0 Å². The summed E-state index contributed by atoms with van der Waals surface area (Å²) in [4.78, 5) is 12.1. The number of halogens is 6. The van der Waals surface area contributed by atoms with Crippen molar-refractivity contribution in [2.45, 2.75) is 6.18 Å². The van der Waals surface area contributed by atoms with Crippen LogP contribution in [0.5, 0.6) is 0 Å². The molecule has 0 aliphatic rings. The SMILES string of the molecule is O=C(/C=C/c1ccc(C(F)(F)F)cc1)c1ccc(Cl)c(Cl)c1Cl. The van der Waals surface area contributed by atoms with Crippen molar-refractivity contribution in [2.24, 2.45) is 0 Å². The topological polar surface area (TPSA) is 17.1 Å². The van der Waals surface area contributed by atoms with Crippen molar-refractivity contribution in [3.63, 3.8) is 0 Å². The Hall–Kier alpha value is -1.49. The summed E-state index contributed by atoms with van der Waals surface area (Å²) in [7, 11) is 0. The standard InChI is InChI=1S/C16H8Cl3F3O/c17-12-7-6-11(14(18)15(12)19)13(23)8-3-9-1-4-10(5-2-9)16(20,21)22/h1-8H/b8-3+. The quantitative estimate of drug-likeness (QED) is 0.335. The maximum Gasteiger partial charge on any atom is 0.416 e. The van der Waals surface area contributed by atoms with Crippen molar-refractivity contribution in [2.75, 3.05) is 0 Å². The van der Waals surface area contributed by atoms with Gasteiger partial charge in [0.1, 0.15) is 0 Å². The van der Waals surface area contributed by atoms with Crippen molar-refractivity contribution in [1.82, 2.24) is 0 Å². The summed E-state index contributed by atoms with van der Waals surface area (Å²) in [5, 5.41) is 0.322. The smallest absolute Gasteiger partial charge is 0.289 e. The van der Waals surface area contributed by atoms with Crippen LogP contribution in [-0.4, -0.2) is 5.78 Å². The zero-order valence-corrected chi connectivity index (χ0v) is 13.6. The van der Waals surface area contributed by atoms with Crippen LogP contribution in [0.15, 0.2) is 42.5 Å². The third kappa shape index (κ3) is 4.28. The van der Waals surface area contributed by atoms with E-state index in [1.807, 2.05) is 0 Å². The van der Waals surface area contributed by atoms with Gasteiger partial charge in [-0.25, -0.2) is 0 Å². The number of carbonyl (C=O) groups excluding carboxylic acids is 1. The first kappa shape index (κ1) is 17.9. The van der Waals surface area contributed by atoms with Crippen LogP contribution >= 0.6 is 34.8 Å². The number of alkyl halides is 3. The first-order valence-corrected chi connectivity index (χ1v) is 7.36. The van der Waals surface area contributed by atoms with Crippen LogP contribution in [0.25, 0.3) is 6.08 Å². The van der Waals surface area contributed by atoms with Gasteiger partial charge in [0.15, 0.2) is 5.78 Å². The number of ketones is 1. The molecule has 120 valence electrons. The maximum atomic E-state index is 12.5. The molecule has 0 heterocycles. The van der Waals surface area contributed by atoms with Gasteiger partial charge in [-0.1, -0.05) is 53.0 Å². The average molecular weight is 380 g/mol. The molecule has 7 heteroatoms. The normalized spacial score (nSPS) is 11.9. The molecule has 0 bridgehead atoms. The largest absolute Gasteiger partial charge is 0.416 e. The van der Waals surface area contributed by atoms with Gasteiger partial charge in [0.2, 0.25) is 0 Å². The average Bonchev–Trinajstić information content (AvgIpc) is 2.50. The number of rotatable bonds is 3. The molecule has 0 unspecified atom stereocenters. The fourth-order valence-electron chi connectivity index (χ4n) is 1.76. The van der Waals surface area contributed by atoms with Gasteiger partial charge in [-0.15, -0.1) is 0 Å². The Kier molecular flexibility index (Phi) is 5.40. The third-order valence-electron chi connectivity index (χ3n) is 2.97. The molecule has 0 spiro atoms. The second kappa shape index (κ2) is 6.95. The molecule has 2 aromatic rings. The van der Waals surface area contributed by atoms with E-state index in [-0.39, 0.29) is 20.6 Å². The van der Waals surface area contributed by atoms with Gasteiger partial charge in [0.25, 0.3) is 0 Å². The number of hydrogen-bond donors (Lipinski definition) is 0. The number of allylic oxidation sites excluding steroid dienone is 1. The molecule has 23 heavy (non-hydrogen) atoms. The molecule has 0 N–H and O–H groups in total. The summed E-state index contributed by atoms with van der Waals surface area (Å²) in [6.07, 6.45) is -1.80. The Morgan fingerprint density at radius 1 is 0.913 bits per heavy atom. The van der Waals surface area contributed by atoms with Crippen LogP contribution in [-0.2, 0) is 6.18 Å². The summed E-state index contributed by atoms with van der Waals surface area (Å²) in [6, 6.07) is 7.28. The van der Waals surface area contributed by atoms with Gasteiger partial charge in [0, 0.05) is 5.56 Å². The van der Waals surface area contributed by atoms with Crippen LogP contribution < -0.4 is 0 Å². The zero-order valence-electron chi connectivity index (χ0n) is 11.3. The van der Waals surface area contributed by atoms with E-state index in [1.54, 1.807) is 0 Å². The van der Waals surface area contributed by atoms with Crippen molar-refractivity contribution in [3.8, 4) is 0 Å². The van der Waals surface area contributed by atoms with E-state index in [0.717, 1.165) is 12.1 Å². The van der Waals surface area contributed by atoms with Gasteiger partial charge in [-0.3, -0.25) is 4.79 Å². The Morgan fingerprint density at radius 3 is 2.09 bits per heavy atom. The molecule has 0 aliphatic heterocycles. The summed E-state index contributed by atoms with van der Waals surface area (Å²) >= 11 is 17.6.